The number of hydrogen-bond acceptors (Lipinski definition) is 1. The highest BCUT2D eigenvalue weighted by Gasteiger charge is 2.06. The Balaban J connectivity index is 2.44. The molecule has 1 heterocycles. The zero-order chi connectivity index (χ0) is 12.5. The number of rotatable bonds is 1. The Kier molecular flexibility index (Phi) is 2.49. The monoisotopic (exact) mass is 235 g/mol. The number of aromatic nitrogens is 1. The van der Waals surface area contributed by atoms with E-state index >= 15 is 0 Å². The van der Waals surface area contributed by atoms with Crippen molar-refractivity contribution in [3.05, 3.63) is 76.6 Å². The van der Waals surface area contributed by atoms with Gasteiger partial charge >= 0.3 is 0 Å². The van der Waals surface area contributed by atoms with Crippen LogP contribution < -0.4 is 5.43 Å². The zero-order valence-electron chi connectivity index (χ0n) is 10.1. The standard InChI is InChI=1S/C16H13NO/c1-12-11-17(13-7-3-2-4-8-13)15-10-6-5-9-14(15)16(12)18/h2-11H,1H3. The molecule has 0 radical (unpaired) electrons. The van der Waals surface area contributed by atoms with Gasteiger partial charge in [0.2, 0.25) is 0 Å². The molecule has 2 heteroatoms. The molecule has 1 aromatic heterocycles. The average Bonchev–Trinajstić information content (AvgIpc) is 2.44. The maximum Gasteiger partial charge on any atom is 0.192 e. The van der Waals surface area contributed by atoms with Crippen LogP contribution >= 0.6 is 0 Å². The van der Waals surface area contributed by atoms with Gasteiger partial charge in [0.05, 0.1) is 5.52 Å². The topological polar surface area (TPSA) is 22.0 Å². The van der Waals surface area contributed by atoms with E-state index in [2.05, 4.69) is 4.57 Å². The summed E-state index contributed by atoms with van der Waals surface area (Å²) < 4.78 is 2.06. The highest BCUT2D eigenvalue weighted by molar-refractivity contribution is 5.81. The number of para-hydroxylation sites is 2. The Morgan fingerprint density at radius 2 is 1.56 bits per heavy atom. The first-order valence-corrected chi connectivity index (χ1v) is 5.94. The minimum Gasteiger partial charge on any atom is -0.316 e. The van der Waals surface area contributed by atoms with E-state index < -0.39 is 0 Å². The van der Waals surface area contributed by atoms with Crippen molar-refractivity contribution >= 4 is 10.9 Å². The summed E-state index contributed by atoms with van der Waals surface area (Å²) >= 11 is 0. The molecule has 0 aliphatic rings. The second kappa shape index (κ2) is 4.15. The van der Waals surface area contributed by atoms with Crippen molar-refractivity contribution in [1.29, 1.82) is 0 Å². The zero-order valence-corrected chi connectivity index (χ0v) is 10.1. The van der Waals surface area contributed by atoms with Gasteiger partial charge in [0, 0.05) is 22.8 Å². The lowest BCUT2D eigenvalue weighted by Crippen LogP contribution is -2.11. The van der Waals surface area contributed by atoms with Crippen LogP contribution in [0.2, 0.25) is 0 Å². The van der Waals surface area contributed by atoms with Gasteiger partial charge in [-0.1, -0.05) is 30.3 Å². The maximum atomic E-state index is 12.1. The van der Waals surface area contributed by atoms with Crippen LogP contribution in [0, 0.1) is 6.92 Å². The predicted molar refractivity (Wildman–Crippen MR) is 74.3 cm³/mol. The molecule has 0 amide bonds. The largest absolute Gasteiger partial charge is 0.316 e. The maximum absolute atomic E-state index is 12.1. The van der Waals surface area contributed by atoms with Crippen LogP contribution in [0.15, 0.2) is 65.6 Å². The smallest absolute Gasteiger partial charge is 0.192 e. The number of benzene rings is 2. The van der Waals surface area contributed by atoms with Crippen molar-refractivity contribution in [2.45, 2.75) is 6.92 Å². The molecule has 88 valence electrons. The molecule has 2 nitrogen and oxygen atoms in total. The summed E-state index contributed by atoms with van der Waals surface area (Å²) in [6.45, 7) is 1.86. The van der Waals surface area contributed by atoms with Crippen LogP contribution in [-0.2, 0) is 0 Å². The van der Waals surface area contributed by atoms with Gasteiger partial charge in [0.1, 0.15) is 0 Å². The number of nitrogens with zero attached hydrogens (tertiary/aromatic N) is 1. The highest BCUT2D eigenvalue weighted by Crippen LogP contribution is 2.16. The van der Waals surface area contributed by atoms with Crippen molar-refractivity contribution in [2.24, 2.45) is 0 Å². The molecule has 0 bridgehead atoms. The summed E-state index contributed by atoms with van der Waals surface area (Å²) in [6.07, 6.45) is 1.90. The van der Waals surface area contributed by atoms with E-state index in [0.29, 0.717) is 0 Å². The Morgan fingerprint density at radius 3 is 2.33 bits per heavy atom. The van der Waals surface area contributed by atoms with Gasteiger partial charge in [-0.2, -0.15) is 0 Å². The predicted octanol–water partition coefficient (Wildman–Crippen LogP) is 3.30. The molecular formula is C16H13NO. The molecule has 0 aliphatic carbocycles. The van der Waals surface area contributed by atoms with Crippen LogP contribution in [-0.4, -0.2) is 4.57 Å². The summed E-state index contributed by atoms with van der Waals surface area (Å²) in [5, 5.41) is 0.765. The van der Waals surface area contributed by atoms with Gasteiger partial charge in [-0.3, -0.25) is 4.79 Å². The molecule has 0 saturated carbocycles. The lowest BCUT2D eigenvalue weighted by atomic mass is 10.1. The fraction of sp³-hybridized carbons (Fsp3) is 0.0625. The first-order valence-electron chi connectivity index (χ1n) is 5.94. The van der Waals surface area contributed by atoms with Crippen LogP contribution in [0.3, 0.4) is 0 Å². The van der Waals surface area contributed by atoms with Gasteiger partial charge in [-0.05, 0) is 31.2 Å². The molecule has 0 atom stereocenters. The van der Waals surface area contributed by atoms with Crippen LogP contribution in [0.5, 0.6) is 0 Å². The molecule has 18 heavy (non-hydrogen) atoms. The first kappa shape index (κ1) is 10.8. The van der Waals surface area contributed by atoms with E-state index in [1.165, 1.54) is 0 Å². The SMILES string of the molecule is Cc1cn(-c2ccccc2)c2ccccc2c1=O. The lowest BCUT2D eigenvalue weighted by Gasteiger charge is -2.12. The van der Waals surface area contributed by atoms with Gasteiger partial charge in [-0.25, -0.2) is 0 Å². The molecule has 0 spiro atoms. The van der Waals surface area contributed by atoms with Gasteiger partial charge in [-0.15, -0.1) is 0 Å². The number of hydrogen-bond donors (Lipinski definition) is 0. The van der Waals surface area contributed by atoms with Gasteiger partial charge < -0.3 is 4.57 Å². The fourth-order valence-electron chi connectivity index (χ4n) is 2.21. The Morgan fingerprint density at radius 1 is 0.889 bits per heavy atom. The molecule has 0 N–H and O–H groups in total. The highest BCUT2D eigenvalue weighted by atomic mass is 16.1. The molecule has 2 aromatic carbocycles. The molecule has 3 aromatic rings. The van der Waals surface area contributed by atoms with E-state index in [-0.39, 0.29) is 5.43 Å². The number of fused-ring (bicyclic) bond motifs is 1. The average molecular weight is 235 g/mol. The molecule has 3 rings (SSSR count). The van der Waals surface area contributed by atoms with E-state index in [0.717, 1.165) is 22.2 Å². The number of pyridine rings is 1. The normalized spacial score (nSPS) is 10.7. The third-order valence-electron chi connectivity index (χ3n) is 3.12. The van der Waals surface area contributed by atoms with Crippen molar-refractivity contribution in [3.63, 3.8) is 0 Å². The molecule has 0 aliphatic heterocycles. The summed E-state index contributed by atoms with van der Waals surface area (Å²) in [6, 6.07) is 17.8. The molecule has 0 fully saturated rings. The Labute approximate surface area is 105 Å². The first-order chi connectivity index (χ1) is 8.77. The third-order valence-corrected chi connectivity index (χ3v) is 3.12. The van der Waals surface area contributed by atoms with Gasteiger partial charge in [0.15, 0.2) is 5.43 Å². The van der Waals surface area contributed by atoms with Crippen molar-refractivity contribution in [1.82, 2.24) is 4.57 Å². The van der Waals surface area contributed by atoms with E-state index in [1.807, 2.05) is 67.7 Å². The van der Waals surface area contributed by atoms with E-state index in [9.17, 15) is 4.79 Å². The van der Waals surface area contributed by atoms with Gasteiger partial charge in [0.25, 0.3) is 0 Å². The van der Waals surface area contributed by atoms with Crippen molar-refractivity contribution in [2.75, 3.05) is 0 Å². The lowest BCUT2D eigenvalue weighted by molar-refractivity contribution is 1.08. The van der Waals surface area contributed by atoms with E-state index in [1.54, 1.807) is 0 Å². The summed E-state index contributed by atoms with van der Waals surface area (Å²) in [7, 11) is 0. The molecule has 0 unspecified atom stereocenters. The second-order valence-electron chi connectivity index (χ2n) is 4.36. The van der Waals surface area contributed by atoms with Crippen molar-refractivity contribution < 1.29 is 0 Å². The molecular weight excluding hydrogens is 222 g/mol. The second-order valence-corrected chi connectivity index (χ2v) is 4.36. The quantitative estimate of drug-likeness (QED) is 0.634. The minimum absolute atomic E-state index is 0.109. The van der Waals surface area contributed by atoms with E-state index in [4.69, 9.17) is 0 Å². The summed E-state index contributed by atoms with van der Waals surface area (Å²) in [4.78, 5) is 12.1. The van der Waals surface area contributed by atoms with Crippen LogP contribution in [0.25, 0.3) is 16.6 Å². The summed E-state index contributed by atoms with van der Waals surface area (Å²) in [5.74, 6) is 0. The Hall–Kier alpha value is -2.35. The van der Waals surface area contributed by atoms with Crippen LogP contribution in [0.4, 0.5) is 0 Å². The third kappa shape index (κ3) is 1.63. The summed E-state index contributed by atoms with van der Waals surface area (Å²) in [5.41, 5.74) is 2.88. The number of aryl methyl sites for hydroxylation is 1. The Bertz CT molecular complexity index is 757. The van der Waals surface area contributed by atoms with Crippen LogP contribution in [0.1, 0.15) is 5.56 Å². The minimum atomic E-state index is 0.109. The fourth-order valence-corrected chi connectivity index (χ4v) is 2.21. The molecule has 0 saturated heterocycles. The van der Waals surface area contributed by atoms with Crippen molar-refractivity contribution in [3.8, 4) is 5.69 Å².